The predicted molar refractivity (Wildman–Crippen MR) is 143 cm³/mol. The first-order valence-electron chi connectivity index (χ1n) is 12.8. The molecule has 2 N–H and O–H groups in total. The second-order valence-electron chi connectivity index (χ2n) is 9.31. The number of amides is 1. The summed E-state index contributed by atoms with van der Waals surface area (Å²) in [6, 6.07) is 13.9. The molecule has 10 nitrogen and oxygen atoms in total. The molecule has 0 aliphatic carbocycles. The number of benzene rings is 1. The Balaban J connectivity index is 1.26. The number of nitriles is 1. The van der Waals surface area contributed by atoms with Crippen LogP contribution in [0.25, 0.3) is 22.3 Å². The Labute approximate surface area is 221 Å². The lowest BCUT2D eigenvalue weighted by atomic mass is 10.0. The molecule has 0 saturated carbocycles. The molecule has 4 heterocycles. The Morgan fingerprint density at radius 2 is 2.13 bits per heavy atom. The van der Waals surface area contributed by atoms with E-state index >= 15 is 0 Å². The first-order valence-corrected chi connectivity index (χ1v) is 12.8. The van der Waals surface area contributed by atoms with Crippen molar-refractivity contribution < 1.29 is 14.3 Å². The van der Waals surface area contributed by atoms with E-state index in [1.807, 2.05) is 65.7 Å². The SMILES string of the molecule is COc1ccc(COCCn2ccc(-c3cnc4[nH]ccc4c3NC3CCCN(C(=O)CC#N)C3)n2)cc1. The van der Waals surface area contributed by atoms with E-state index in [1.54, 1.807) is 12.0 Å². The lowest BCUT2D eigenvalue weighted by Crippen LogP contribution is -2.45. The maximum absolute atomic E-state index is 12.3. The molecule has 1 aliphatic rings. The van der Waals surface area contributed by atoms with Gasteiger partial charge in [-0.3, -0.25) is 9.48 Å². The molecule has 3 aromatic heterocycles. The number of nitrogens with one attached hydrogen (secondary N) is 2. The van der Waals surface area contributed by atoms with Gasteiger partial charge in [0, 0.05) is 48.7 Å². The predicted octanol–water partition coefficient (Wildman–Crippen LogP) is 3.97. The molecule has 0 bridgehead atoms. The third kappa shape index (κ3) is 5.79. The quantitative estimate of drug-likeness (QED) is 0.308. The van der Waals surface area contributed by atoms with Crippen molar-refractivity contribution in [2.75, 3.05) is 32.1 Å². The smallest absolute Gasteiger partial charge is 0.236 e. The molecule has 1 aliphatic heterocycles. The van der Waals surface area contributed by atoms with Crippen LogP contribution in [0.4, 0.5) is 5.69 Å². The number of likely N-dealkylation sites (tertiary alicyclic amines) is 1. The van der Waals surface area contributed by atoms with Crippen molar-refractivity contribution in [1.29, 1.82) is 5.26 Å². The molecule has 38 heavy (non-hydrogen) atoms. The number of carbonyl (C=O) groups is 1. The Morgan fingerprint density at radius 1 is 1.26 bits per heavy atom. The van der Waals surface area contributed by atoms with Gasteiger partial charge in [0.15, 0.2) is 0 Å². The number of anilines is 1. The largest absolute Gasteiger partial charge is 0.497 e. The lowest BCUT2D eigenvalue weighted by Gasteiger charge is -2.33. The number of piperidine rings is 1. The van der Waals surface area contributed by atoms with Gasteiger partial charge in [-0.2, -0.15) is 10.4 Å². The van der Waals surface area contributed by atoms with E-state index in [0.717, 1.165) is 52.1 Å². The molecular weight excluding hydrogens is 482 g/mol. The number of methoxy groups -OCH3 is 1. The first-order chi connectivity index (χ1) is 18.6. The molecule has 4 aromatic rings. The zero-order valence-corrected chi connectivity index (χ0v) is 21.4. The maximum Gasteiger partial charge on any atom is 0.236 e. The first kappa shape index (κ1) is 25.3. The highest BCUT2D eigenvalue weighted by Crippen LogP contribution is 2.34. The summed E-state index contributed by atoms with van der Waals surface area (Å²) in [7, 11) is 1.65. The normalized spacial score (nSPS) is 15.4. The summed E-state index contributed by atoms with van der Waals surface area (Å²) in [6.45, 7) is 2.93. The zero-order valence-electron chi connectivity index (χ0n) is 21.4. The van der Waals surface area contributed by atoms with Crippen molar-refractivity contribution in [3.63, 3.8) is 0 Å². The fraction of sp³-hybridized carbons (Fsp3) is 0.357. The van der Waals surface area contributed by atoms with Crippen LogP contribution in [0, 0.1) is 11.3 Å². The molecule has 0 spiro atoms. The van der Waals surface area contributed by atoms with Crippen LogP contribution in [-0.4, -0.2) is 63.4 Å². The highest BCUT2D eigenvalue weighted by atomic mass is 16.5. The van der Waals surface area contributed by atoms with E-state index in [2.05, 4.69) is 15.3 Å². The third-order valence-corrected chi connectivity index (χ3v) is 6.75. The molecule has 1 aromatic carbocycles. The van der Waals surface area contributed by atoms with Gasteiger partial charge in [0.2, 0.25) is 5.91 Å². The molecule has 1 atom stereocenters. The highest BCUT2D eigenvalue weighted by molar-refractivity contribution is 5.97. The molecule has 1 saturated heterocycles. The summed E-state index contributed by atoms with van der Waals surface area (Å²) in [5, 5.41) is 18.4. The minimum absolute atomic E-state index is 0.0686. The average molecular weight is 514 g/mol. The molecule has 196 valence electrons. The van der Waals surface area contributed by atoms with Gasteiger partial charge in [0.05, 0.1) is 44.3 Å². The fourth-order valence-electron chi connectivity index (χ4n) is 4.76. The summed E-state index contributed by atoms with van der Waals surface area (Å²) in [4.78, 5) is 21.9. The van der Waals surface area contributed by atoms with Gasteiger partial charge in [-0.05, 0) is 42.7 Å². The second-order valence-corrected chi connectivity index (χ2v) is 9.31. The number of aromatic nitrogens is 4. The van der Waals surface area contributed by atoms with Crippen molar-refractivity contribution in [2.45, 2.75) is 38.5 Å². The minimum atomic E-state index is -0.117. The Hall–Kier alpha value is -4.36. The number of hydrogen-bond acceptors (Lipinski definition) is 7. The second kappa shape index (κ2) is 11.8. The summed E-state index contributed by atoms with van der Waals surface area (Å²) in [6.07, 6.45) is 7.38. The van der Waals surface area contributed by atoms with Crippen molar-refractivity contribution in [3.05, 3.63) is 60.6 Å². The number of hydrogen-bond donors (Lipinski definition) is 2. The number of ether oxygens (including phenoxy) is 2. The van der Waals surface area contributed by atoms with Crippen LogP contribution in [0.1, 0.15) is 24.8 Å². The van der Waals surface area contributed by atoms with Crippen molar-refractivity contribution in [2.24, 2.45) is 0 Å². The van der Waals surface area contributed by atoms with Crippen molar-refractivity contribution in [1.82, 2.24) is 24.6 Å². The molecule has 1 fully saturated rings. The van der Waals surface area contributed by atoms with Crippen LogP contribution in [-0.2, 0) is 22.7 Å². The van der Waals surface area contributed by atoms with Gasteiger partial charge in [-0.25, -0.2) is 4.98 Å². The maximum atomic E-state index is 12.3. The number of fused-ring (bicyclic) bond motifs is 1. The van der Waals surface area contributed by atoms with E-state index in [4.69, 9.17) is 19.8 Å². The standard InChI is InChI=1S/C28H31N7O3/c1-37-22-6-4-20(5-7-22)19-38-16-15-35-14-10-25(33-35)24-17-31-28-23(9-12-30-28)27(24)32-21-3-2-13-34(18-21)26(36)8-11-29/h4-7,9-10,12,14,17,21H,2-3,8,13,15-16,18-19H2,1H3,(H2,30,31,32). The van der Waals surface area contributed by atoms with Crippen molar-refractivity contribution >= 4 is 22.6 Å². The average Bonchev–Trinajstić information content (AvgIpc) is 3.62. The number of carbonyl (C=O) groups excluding carboxylic acids is 1. The van der Waals surface area contributed by atoms with Crippen molar-refractivity contribution in [3.8, 4) is 23.1 Å². The summed E-state index contributed by atoms with van der Waals surface area (Å²) in [5.74, 6) is 0.709. The number of pyridine rings is 1. The van der Waals surface area contributed by atoms with E-state index in [0.29, 0.717) is 32.8 Å². The van der Waals surface area contributed by atoms with Crippen LogP contribution < -0.4 is 10.1 Å². The van der Waals surface area contributed by atoms with Gasteiger partial charge in [-0.15, -0.1) is 0 Å². The Morgan fingerprint density at radius 3 is 2.95 bits per heavy atom. The number of aromatic amines is 1. The Kier molecular flexibility index (Phi) is 7.85. The molecule has 10 heteroatoms. The van der Waals surface area contributed by atoms with Gasteiger partial charge < -0.3 is 24.7 Å². The monoisotopic (exact) mass is 513 g/mol. The minimum Gasteiger partial charge on any atom is -0.497 e. The van der Waals surface area contributed by atoms with Crippen LogP contribution in [0.15, 0.2) is 55.0 Å². The topological polar surface area (TPSA) is 121 Å². The molecular formula is C28H31N7O3. The zero-order chi connectivity index (χ0) is 26.3. The van der Waals surface area contributed by atoms with Crippen LogP contribution >= 0.6 is 0 Å². The van der Waals surface area contributed by atoms with Crippen LogP contribution in [0.2, 0.25) is 0 Å². The van der Waals surface area contributed by atoms with E-state index in [-0.39, 0.29) is 18.4 Å². The number of nitrogens with zero attached hydrogens (tertiary/aromatic N) is 5. The van der Waals surface area contributed by atoms with Gasteiger partial charge in [0.25, 0.3) is 0 Å². The number of rotatable bonds is 10. The van der Waals surface area contributed by atoms with Gasteiger partial charge in [0.1, 0.15) is 17.8 Å². The highest BCUT2D eigenvalue weighted by Gasteiger charge is 2.25. The summed E-state index contributed by atoms with van der Waals surface area (Å²) < 4.78 is 12.9. The van der Waals surface area contributed by atoms with Gasteiger partial charge >= 0.3 is 0 Å². The van der Waals surface area contributed by atoms with Crippen LogP contribution in [0.5, 0.6) is 5.75 Å². The lowest BCUT2D eigenvalue weighted by molar-refractivity contribution is -0.131. The van der Waals surface area contributed by atoms with E-state index in [1.165, 1.54) is 0 Å². The summed E-state index contributed by atoms with van der Waals surface area (Å²) >= 11 is 0. The molecule has 1 amide bonds. The molecule has 5 rings (SSSR count). The van der Waals surface area contributed by atoms with Crippen LogP contribution in [0.3, 0.4) is 0 Å². The fourth-order valence-corrected chi connectivity index (χ4v) is 4.76. The summed E-state index contributed by atoms with van der Waals surface area (Å²) in [5.41, 5.74) is 4.53. The Bertz CT molecular complexity index is 1420. The third-order valence-electron chi connectivity index (χ3n) is 6.75. The van der Waals surface area contributed by atoms with E-state index in [9.17, 15) is 4.79 Å². The molecule has 1 unspecified atom stereocenters. The molecule has 0 radical (unpaired) electrons. The van der Waals surface area contributed by atoms with Gasteiger partial charge in [-0.1, -0.05) is 12.1 Å². The van der Waals surface area contributed by atoms with E-state index < -0.39 is 0 Å². The number of H-pyrrole nitrogens is 1.